The van der Waals surface area contributed by atoms with Gasteiger partial charge in [-0.2, -0.15) is 0 Å². The number of halogens is 2. The minimum absolute atomic E-state index is 0.0213. The van der Waals surface area contributed by atoms with Gasteiger partial charge in [-0.05, 0) is 94.3 Å². The summed E-state index contributed by atoms with van der Waals surface area (Å²) in [6.45, 7) is 9.65. The van der Waals surface area contributed by atoms with Crippen molar-refractivity contribution in [2.45, 2.75) is 128 Å². The molecule has 186 valence electrons. The molecule has 2 saturated carbocycles. The highest BCUT2D eigenvalue weighted by Crippen LogP contribution is 2.60. The van der Waals surface area contributed by atoms with Gasteiger partial charge in [-0.1, -0.05) is 45.3 Å². The quantitative estimate of drug-likeness (QED) is 0.381. The molecule has 0 heterocycles. The SMILES string of the molecule is CCCCC1[C@@]2(C)CC[C@](C)(O)CC2=CC[C@@]1(N)[C@@H]1CC[C@H]([C@H](C)CC(F)(F)[C@@H](C)O)C1. The van der Waals surface area contributed by atoms with E-state index >= 15 is 0 Å². The molecule has 2 fully saturated rings. The topological polar surface area (TPSA) is 66.5 Å². The number of hydrogen-bond acceptors (Lipinski definition) is 3. The van der Waals surface area contributed by atoms with Gasteiger partial charge in [0, 0.05) is 12.0 Å². The summed E-state index contributed by atoms with van der Waals surface area (Å²) in [7, 11) is 0. The van der Waals surface area contributed by atoms with Gasteiger partial charge in [-0.25, -0.2) is 8.78 Å². The molecule has 0 aromatic heterocycles. The van der Waals surface area contributed by atoms with E-state index in [1.807, 2.05) is 13.8 Å². The number of nitrogens with two attached hydrogens (primary N) is 1. The molecule has 8 atom stereocenters. The van der Waals surface area contributed by atoms with Crippen LogP contribution in [0.4, 0.5) is 8.78 Å². The fourth-order valence-electron chi connectivity index (χ4n) is 7.36. The number of aliphatic hydroxyl groups is 2. The van der Waals surface area contributed by atoms with Gasteiger partial charge in [-0.15, -0.1) is 0 Å². The second-order valence-electron chi connectivity index (χ2n) is 12.2. The molecule has 3 aliphatic carbocycles. The summed E-state index contributed by atoms with van der Waals surface area (Å²) < 4.78 is 28.3. The average molecular weight is 456 g/mol. The number of fused-ring (bicyclic) bond motifs is 1. The largest absolute Gasteiger partial charge is 0.390 e. The summed E-state index contributed by atoms with van der Waals surface area (Å²) in [5.41, 5.74) is 7.82. The molecule has 0 radical (unpaired) electrons. The number of hydrogen-bond donors (Lipinski definition) is 3. The van der Waals surface area contributed by atoms with Gasteiger partial charge in [0.15, 0.2) is 0 Å². The van der Waals surface area contributed by atoms with Gasteiger partial charge in [0.05, 0.1) is 5.60 Å². The summed E-state index contributed by atoms with van der Waals surface area (Å²) in [6.07, 6.45) is 10.1. The first-order valence-corrected chi connectivity index (χ1v) is 13.0. The molecule has 3 rings (SSSR count). The molecule has 0 aromatic rings. The average Bonchev–Trinajstić information content (AvgIpc) is 3.19. The second-order valence-corrected chi connectivity index (χ2v) is 12.2. The first-order valence-electron chi connectivity index (χ1n) is 13.0. The lowest BCUT2D eigenvalue weighted by Gasteiger charge is -2.58. The third-order valence-corrected chi connectivity index (χ3v) is 9.70. The van der Waals surface area contributed by atoms with Crippen LogP contribution in [0, 0.1) is 29.1 Å². The smallest absolute Gasteiger partial charge is 0.273 e. The lowest BCUT2D eigenvalue weighted by atomic mass is 9.49. The molecule has 3 aliphatic rings. The third kappa shape index (κ3) is 4.95. The minimum Gasteiger partial charge on any atom is -0.390 e. The van der Waals surface area contributed by atoms with Crippen molar-refractivity contribution in [3.05, 3.63) is 11.6 Å². The van der Waals surface area contributed by atoms with Crippen molar-refractivity contribution in [1.82, 2.24) is 0 Å². The molecule has 3 nitrogen and oxygen atoms in total. The molecule has 5 heteroatoms. The molecular weight excluding hydrogens is 408 g/mol. The molecule has 0 aliphatic heterocycles. The molecule has 0 saturated heterocycles. The highest BCUT2D eigenvalue weighted by molar-refractivity contribution is 5.29. The van der Waals surface area contributed by atoms with Crippen LogP contribution in [0.5, 0.6) is 0 Å². The molecular formula is C27H47F2NO2. The Hall–Kier alpha value is -0.520. The van der Waals surface area contributed by atoms with E-state index < -0.39 is 17.6 Å². The maximum atomic E-state index is 14.2. The molecule has 0 aromatic carbocycles. The van der Waals surface area contributed by atoms with E-state index in [4.69, 9.17) is 5.73 Å². The third-order valence-electron chi connectivity index (χ3n) is 9.70. The molecule has 0 spiro atoms. The predicted molar refractivity (Wildman–Crippen MR) is 126 cm³/mol. The van der Waals surface area contributed by atoms with Crippen molar-refractivity contribution in [2.75, 3.05) is 0 Å². The maximum absolute atomic E-state index is 14.2. The molecule has 0 amide bonds. The number of rotatable bonds is 8. The molecule has 32 heavy (non-hydrogen) atoms. The number of unbranched alkanes of at least 4 members (excludes halogenated alkanes) is 1. The zero-order chi connectivity index (χ0) is 23.9. The fraction of sp³-hybridized carbons (Fsp3) is 0.926. The van der Waals surface area contributed by atoms with E-state index in [2.05, 4.69) is 19.9 Å². The van der Waals surface area contributed by atoms with E-state index in [0.717, 1.165) is 64.2 Å². The molecule has 1 unspecified atom stereocenters. The lowest BCUT2D eigenvalue weighted by molar-refractivity contribution is -0.116. The van der Waals surface area contributed by atoms with Gasteiger partial charge < -0.3 is 15.9 Å². The van der Waals surface area contributed by atoms with Crippen molar-refractivity contribution in [3.8, 4) is 0 Å². The lowest BCUT2D eigenvalue weighted by Crippen LogP contribution is -2.61. The van der Waals surface area contributed by atoms with E-state index in [0.29, 0.717) is 11.8 Å². The van der Waals surface area contributed by atoms with Crippen molar-refractivity contribution in [1.29, 1.82) is 0 Å². The zero-order valence-corrected chi connectivity index (χ0v) is 21.0. The first kappa shape index (κ1) is 26.1. The van der Waals surface area contributed by atoms with E-state index in [1.165, 1.54) is 12.5 Å². The Morgan fingerprint density at radius 1 is 1.22 bits per heavy atom. The summed E-state index contributed by atoms with van der Waals surface area (Å²) in [5.74, 6) is -2.21. The summed E-state index contributed by atoms with van der Waals surface area (Å²) in [6, 6.07) is 0. The van der Waals surface area contributed by atoms with Crippen LogP contribution >= 0.6 is 0 Å². The van der Waals surface area contributed by atoms with Crippen molar-refractivity contribution < 1.29 is 19.0 Å². The maximum Gasteiger partial charge on any atom is 0.273 e. The van der Waals surface area contributed by atoms with Crippen LogP contribution in [0.15, 0.2) is 11.6 Å². The number of aliphatic hydroxyl groups excluding tert-OH is 1. The fourth-order valence-corrected chi connectivity index (χ4v) is 7.36. The van der Waals surface area contributed by atoms with Crippen LogP contribution in [0.1, 0.15) is 105 Å². The summed E-state index contributed by atoms with van der Waals surface area (Å²) in [4.78, 5) is 0. The Morgan fingerprint density at radius 3 is 2.53 bits per heavy atom. The Bertz CT molecular complexity index is 691. The molecule has 4 N–H and O–H groups in total. The highest BCUT2D eigenvalue weighted by atomic mass is 19.3. The van der Waals surface area contributed by atoms with E-state index in [1.54, 1.807) is 0 Å². The van der Waals surface area contributed by atoms with Crippen LogP contribution in [-0.4, -0.2) is 33.4 Å². The summed E-state index contributed by atoms with van der Waals surface area (Å²) >= 11 is 0. The Balaban J connectivity index is 1.80. The standard InChI is InChI=1S/C27H47F2NO2/c1-6-7-8-23-25(5)14-13-24(4,32)17-22(25)11-12-26(23,30)21-10-9-20(15-21)18(2)16-27(28,29)19(3)31/h11,18-21,23,31-32H,6-10,12-17,30H2,1-5H3/t18-,19-,20+,21-,23?,24+,25+,26-/m1/s1. The van der Waals surface area contributed by atoms with Gasteiger partial charge in [0.1, 0.15) is 6.10 Å². The van der Waals surface area contributed by atoms with E-state index in [9.17, 15) is 19.0 Å². The van der Waals surface area contributed by atoms with Crippen LogP contribution in [0.25, 0.3) is 0 Å². The van der Waals surface area contributed by atoms with Crippen LogP contribution in [0.3, 0.4) is 0 Å². The van der Waals surface area contributed by atoms with E-state index in [-0.39, 0.29) is 29.2 Å². The minimum atomic E-state index is -3.03. The van der Waals surface area contributed by atoms with Crippen molar-refractivity contribution in [3.63, 3.8) is 0 Å². The van der Waals surface area contributed by atoms with Gasteiger partial charge >= 0.3 is 0 Å². The monoisotopic (exact) mass is 455 g/mol. The summed E-state index contributed by atoms with van der Waals surface area (Å²) in [5, 5.41) is 20.2. The Morgan fingerprint density at radius 2 is 1.91 bits per heavy atom. The van der Waals surface area contributed by atoms with Gasteiger partial charge in [0.25, 0.3) is 5.92 Å². The predicted octanol–water partition coefficient (Wildman–Crippen LogP) is 6.22. The normalized spacial score (nSPS) is 42.3. The Kier molecular flexibility index (Phi) is 7.55. The second kappa shape index (κ2) is 9.26. The van der Waals surface area contributed by atoms with Crippen LogP contribution < -0.4 is 5.73 Å². The molecule has 0 bridgehead atoms. The van der Waals surface area contributed by atoms with Crippen LogP contribution in [-0.2, 0) is 0 Å². The number of alkyl halides is 2. The highest BCUT2D eigenvalue weighted by Gasteiger charge is 2.56. The Labute approximate surface area is 194 Å². The first-order chi connectivity index (χ1) is 14.7. The van der Waals surface area contributed by atoms with Gasteiger partial charge in [-0.3, -0.25) is 0 Å². The van der Waals surface area contributed by atoms with Crippen molar-refractivity contribution in [2.24, 2.45) is 34.8 Å². The van der Waals surface area contributed by atoms with Crippen molar-refractivity contribution >= 4 is 0 Å². The van der Waals surface area contributed by atoms with Crippen LogP contribution in [0.2, 0.25) is 0 Å². The van der Waals surface area contributed by atoms with Gasteiger partial charge in [0.2, 0.25) is 0 Å². The zero-order valence-electron chi connectivity index (χ0n) is 21.0.